The largest absolute Gasteiger partial charge is 2.00 e. The monoisotopic (exact) mass is 1440 g/mol. The average molecular weight is 1440 g/mol. The maximum Gasteiger partial charge on any atom is 0.484 e. The van der Waals surface area contributed by atoms with Crippen LogP contribution in [0, 0.1) is 0 Å². The van der Waals surface area contributed by atoms with E-state index in [-0.39, 0.29) is 54.0 Å². The Labute approximate surface area is 557 Å². The van der Waals surface area contributed by atoms with Crippen molar-refractivity contribution in [1.29, 1.82) is 0 Å². The molecule has 84 heavy (non-hydrogen) atoms. The zero-order valence-corrected chi connectivity index (χ0v) is 69.5. The van der Waals surface area contributed by atoms with Crippen molar-refractivity contribution in [3.8, 4) is 0 Å². The van der Waals surface area contributed by atoms with Crippen LogP contribution in [0.15, 0.2) is 0 Å². The molecular formula is C48H128O24S4Si8-8. The fourth-order valence-corrected chi connectivity index (χ4v) is 13.3. The Kier molecular flexibility index (Phi) is 148. The van der Waals surface area contributed by atoms with E-state index in [2.05, 4.69) is 0 Å². The van der Waals surface area contributed by atoms with Crippen LogP contribution >= 0.6 is 0 Å². The summed E-state index contributed by atoms with van der Waals surface area (Å²) < 4.78 is 125. The van der Waals surface area contributed by atoms with Gasteiger partial charge in [-0.3, -0.25) is 0 Å². The average Bonchev–Trinajstić information content (AvgIpc) is 3.42. The first-order valence-corrected chi connectivity index (χ1v) is 40.9. The molecular weight excluding hydrogens is 1310 g/mol. The van der Waals surface area contributed by atoms with Crippen LogP contribution in [0.2, 0.25) is 0 Å². The van der Waals surface area contributed by atoms with Gasteiger partial charge in [-0.15, -0.1) is 0 Å². The maximum atomic E-state index is 5.22. The minimum Gasteiger partial charge on any atom is -2.00 e. The van der Waals surface area contributed by atoms with Crippen LogP contribution in [-0.4, -0.2) is 235 Å². The van der Waals surface area contributed by atoms with Crippen molar-refractivity contribution in [3.05, 3.63) is 0 Å². The lowest BCUT2D eigenvalue weighted by atomic mass is 10.9. The SMILES string of the molecule is CCO[SiH](OCC)OCC.CCO[SiH](OCC)OCC.CCO[SiH](OCC)OCC.CCO[SiH](OCC)OCC.CCO[SiH](OCC)OCC.CCO[SiH](OCC)OCC.CCO[SiH](OCC)OCC.CCO[SiH](OCC)OCC.[S-2].[S-2].[S-2].[S-2]. The first-order valence-electron chi connectivity index (χ1n) is 29.6. The molecule has 0 aliphatic rings. The van der Waals surface area contributed by atoms with Crippen LogP contribution in [0.5, 0.6) is 0 Å². The number of hydrogen-bond donors (Lipinski definition) is 0. The first-order chi connectivity index (χ1) is 38.8. The van der Waals surface area contributed by atoms with E-state index in [4.69, 9.17) is 106 Å². The molecule has 0 saturated heterocycles. The summed E-state index contributed by atoms with van der Waals surface area (Å²) in [5, 5.41) is 0. The van der Waals surface area contributed by atoms with E-state index in [0.29, 0.717) is 159 Å². The van der Waals surface area contributed by atoms with Crippen molar-refractivity contribution in [2.45, 2.75) is 166 Å². The lowest BCUT2D eigenvalue weighted by Crippen LogP contribution is -2.27. The standard InChI is InChI=1S/8C6H16O3Si.4S/c8*1-4-7-10(8-5-2)9-6-3;;;;/h8*10H,4-6H2,1-3H3;;;;/q;;;;;;;;4*-2. The van der Waals surface area contributed by atoms with E-state index in [9.17, 15) is 0 Å². The highest BCUT2D eigenvalue weighted by atomic mass is 32.1. The molecule has 0 aromatic carbocycles. The lowest BCUT2D eigenvalue weighted by molar-refractivity contribution is 0.106. The van der Waals surface area contributed by atoms with E-state index < -0.39 is 76.2 Å². The Balaban J connectivity index is -0.0000000701. The van der Waals surface area contributed by atoms with Gasteiger partial charge in [0.15, 0.2) is 0 Å². The molecule has 0 bridgehead atoms. The van der Waals surface area contributed by atoms with Crippen LogP contribution in [0.25, 0.3) is 0 Å². The molecule has 24 nitrogen and oxygen atoms in total. The van der Waals surface area contributed by atoms with Gasteiger partial charge in [0.1, 0.15) is 0 Å². The summed E-state index contributed by atoms with van der Waals surface area (Å²) in [7, 11) is -13.9. The molecule has 0 heterocycles. The highest BCUT2D eigenvalue weighted by molar-refractivity contribution is 7.37. The summed E-state index contributed by atoms with van der Waals surface area (Å²) >= 11 is 0. The van der Waals surface area contributed by atoms with Crippen LogP contribution in [-0.2, 0) is 160 Å². The fraction of sp³-hybridized carbons (Fsp3) is 1.00. The number of rotatable bonds is 48. The molecule has 0 saturated carbocycles. The molecule has 0 spiro atoms. The van der Waals surface area contributed by atoms with Gasteiger partial charge in [-0.2, -0.15) is 0 Å². The first kappa shape index (κ1) is 114. The van der Waals surface area contributed by atoms with E-state index in [1.54, 1.807) is 0 Å². The predicted octanol–water partition coefficient (Wildman–Crippen LogP) is 6.50. The normalized spacial score (nSPS) is 10.3. The summed E-state index contributed by atoms with van der Waals surface area (Å²) in [6.07, 6.45) is 0. The minimum absolute atomic E-state index is 0. The second-order valence-corrected chi connectivity index (χ2v) is 25.9. The van der Waals surface area contributed by atoms with Gasteiger partial charge in [-0.25, -0.2) is 0 Å². The minimum atomic E-state index is -1.73. The Morgan fingerprint density at radius 2 is 0.143 bits per heavy atom. The van der Waals surface area contributed by atoms with E-state index >= 15 is 0 Å². The maximum absolute atomic E-state index is 5.22. The van der Waals surface area contributed by atoms with Crippen LogP contribution in [0.4, 0.5) is 0 Å². The van der Waals surface area contributed by atoms with E-state index in [1.165, 1.54) is 0 Å². The van der Waals surface area contributed by atoms with Crippen molar-refractivity contribution in [1.82, 2.24) is 0 Å². The van der Waals surface area contributed by atoms with Gasteiger partial charge in [-0.1, -0.05) is 0 Å². The summed E-state index contributed by atoms with van der Waals surface area (Å²) in [5.74, 6) is 0. The van der Waals surface area contributed by atoms with Crippen LogP contribution < -0.4 is 0 Å². The van der Waals surface area contributed by atoms with Gasteiger partial charge in [0.25, 0.3) is 0 Å². The molecule has 0 aromatic heterocycles. The molecule has 528 valence electrons. The smallest absolute Gasteiger partial charge is 0.484 e. The molecule has 0 atom stereocenters. The van der Waals surface area contributed by atoms with Crippen molar-refractivity contribution < 1.29 is 106 Å². The summed E-state index contributed by atoms with van der Waals surface area (Å²) in [4.78, 5) is 0. The molecule has 0 rings (SSSR count). The summed E-state index contributed by atoms with van der Waals surface area (Å²) in [6.45, 7) is 62.9. The molecule has 0 fully saturated rings. The molecule has 0 amide bonds. The van der Waals surface area contributed by atoms with Crippen molar-refractivity contribution in [3.63, 3.8) is 0 Å². The second-order valence-electron chi connectivity index (χ2n) is 13.2. The van der Waals surface area contributed by atoms with E-state index in [0.717, 1.165) is 0 Å². The fourth-order valence-electron chi connectivity index (χ4n) is 4.42. The van der Waals surface area contributed by atoms with Gasteiger partial charge in [-0.05, 0) is 166 Å². The molecule has 0 unspecified atom stereocenters. The summed E-state index contributed by atoms with van der Waals surface area (Å²) in [5.41, 5.74) is 0. The van der Waals surface area contributed by atoms with Gasteiger partial charge in [0.05, 0.1) is 0 Å². The molecule has 36 heteroatoms. The Morgan fingerprint density at radius 1 is 0.107 bits per heavy atom. The third-order valence-corrected chi connectivity index (χ3v) is 21.8. The van der Waals surface area contributed by atoms with Crippen LogP contribution in [0.3, 0.4) is 0 Å². The molecule has 0 aliphatic carbocycles. The molecule has 0 aliphatic heterocycles. The van der Waals surface area contributed by atoms with Gasteiger partial charge in [0.2, 0.25) is 0 Å². The zero-order valence-electron chi connectivity index (χ0n) is 57.0. The Bertz CT molecular complexity index is 685. The highest BCUT2D eigenvalue weighted by Crippen LogP contribution is 1.97. The topological polar surface area (TPSA) is 222 Å². The highest BCUT2D eigenvalue weighted by Gasteiger charge is 2.16. The van der Waals surface area contributed by atoms with Gasteiger partial charge in [0, 0.05) is 159 Å². The van der Waals surface area contributed by atoms with Crippen LogP contribution in [0.1, 0.15) is 166 Å². The lowest BCUT2D eigenvalue weighted by Gasteiger charge is -2.12. The molecule has 0 aromatic rings. The summed E-state index contributed by atoms with van der Waals surface area (Å²) in [6, 6.07) is 0. The van der Waals surface area contributed by atoms with Crippen molar-refractivity contribution in [2.24, 2.45) is 0 Å². The molecule has 0 radical (unpaired) electrons. The van der Waals surface area contributed by atoms with Gasteiger partial charge >= 0.3 is 76.2 Å². The molecule has 0 N–H and O–H groups in total. The Hall–Kier alpha value is 2.18. The predicted molar refractivity (Wildman–Crippen MR) is 366 cm³/mol. The van der Waals surface area contributed by atoms with Crippen molar-refractivity contribution in [2.75, 3.05) is 159 Å². The Morgan fingerprint density at radius 3 is 0.167 bits per heavy atom. The van der Waals surface area contributed by atoms with Crippen molar-refractivity contribution >= 4 is 130 Å². The van der Waals surface area contributed by atoms with Gasteiger partial charge < -0.3 is 160 Å². The third-order valence-electron chi connectivity index (χ3n) is 7.27. The quantitative estimate of drug-likeness (QED) is 0.0594. The van der Waals surface area contributed by atoms with E-state index in [1.807, 2.05) is 166 Å². The second kappa shape index (κ2) is 110. The zero-order chi connectivity index (χ0) is 62.6. The third kappa shape index (κ3) is 106. The number of hydrogen-bond acceptors (Lipinski definition) is 24.